The molecule has 90 heavy (non-hydrogen) atoms. The lowest BCUT2D eigenvalue weighted by Gasteiger charge is -2.26. The molecule has 0 saturated carbocycles. The molecule has 7 atom stereocenters. The molecule has 28 heteroatoms. The Morgan fingerprint density at radius 1 is 0.500 bits per heavy atom. The fraction of sp³-hybridized carbons (Fsp3) is 0.726. The third-order valence-corrected chi connectivity index (χ3v) is 15.6. The van der Waals surface area contributed by atoms with Gasteiger partial charge in [0, 0.05) is 88.6 Å². The first kappa shape index (κ1) is 80.4. The highest BCUT2D eigenvalue weighted by Crippen LogP contribution is 2.22. The number of carboxylic acids is 5. The zero-order valence-electron chi connectivity index (χ0n) is 52.7. The fourth-order valence-corrected chi connectivity index (χ4v) is 10.0. The molecule has 0 aliphatic rings. The Balaban J connectivity index is 2.55. The van der Waals surface area contributed by atoms with Crippen LogP contribution in [0.2, 0.25) is 0 Å². The molecule has 14 N–H and O–H groups in total. The number of unbranched alkanes of at least 4 members (excludes halogenated alkanes) is 14. The maximum Gasteiger partial charge on any atom is 0.326 e. The van der Waals surface area contributed by atoms with Gasteiger partial charge in [-0.05, 0) is 85.0 Å². The molecule has 6 amide bonds. The number of amides is 6. The van der Waals surface area contributed by atoms with Crippen molar-refractivity contribution in [2.45, 2.75) is 262 Å². The van der Waals surface area contributed by atoms with E-state index >= 15 is 0 Å². The van der Waals surface area contributed by atoms with Gasteiger partial charge in [-0.2, -0.15) is 0 Å². The molecule has 0 aliphatic heterocycles. The molecule has 508 valence electrons. The van der Waals surface area contributed by atoms with Gasteiger partial charge in [0.1, 0.15) is 29.7 Å². The van der Waals surface area contributed by atoms with Crippen LogP contribution in [0.5, 0.6) is 0 Å². The number of hydrogen-bond acceptors (Lipinski definition) is 16. The van der Waals surface area contributed by atoms with Crippen molar-refractivity contribution in [3.8, 4) is 0 Å². The maximum absolute atomic E-state index is 13.4. The lowest BCUT2D eigenvalue weighted by molar-refractivity contribution is -0.145. The Hall–Kier alpha value is -7.65. The van der Waals surface area contributed by atoms with Crippen LogP contribution in [0.15, 0.2) is 12.5 Å². The topological polar surface area (TPSA) is 475 Å². The van der Waals surface area contributed by atoms with Gasteiger partial charge in [-0.1, -0.05) is 83.5 Å². The fourth-order valence-electron chi connectivity index (χ4n) is 10.0. The molecule has 1 aromatic heterocycles. The molecular weight excluding hydrogens is 1180 g/mol. The summed E-state index contributed by atoms with van der Waals surface area (Å²) in [6.45, 7) is 4.39. The van der Waals surface area contributed by atoms with Crippen LogP contribution in [0.25, 0.3) is 0 Å². The number of Topliss-reactive ketones (excluding diaryl/α,β-unsaturated/α-hetero) is 3. The number of imidazole rings is 1. The van der Waals surface area contributed by atoms with Crippen molar-refractivity contribution in [1.82, 2.24) is 36.6 Å². The second-order valence-corrected chi connectivity index (χ2v) is 23.9. The number of aromatic amines is 1. The lowest BCUT2D eigenvalue weighted by atomic mass is 9.89. The number of primary amides is 1. The number of rotatable bonds is 56. The molecule has 0 radical (unpaired) electrons. The third kappa shape index (κ3) is 38.0. The third-order valence-electron chi connectivity index (χ3n) is 15.6. The number of nitrogens with one attached hydrogen (secondary N) is 6. The predicted octanol–water partition coefficient (Wildman–Crippen LogP) is 4.75. The standard InChI is InChI=1S/C62H100N8O20/c1-40(71)55(56(63)81)69-57(82)41(23-30-49(74)62(2,3)70-53(78)33-26-44-38-64-39-66-44)20-18-19-35-65-50(75)34-29-48(61(89)90)68-52(77)32-25-43(59(85)86)37-46(73)27-28-47(60(87)88)67-51(76)31-24-42(58(83)84)36-45(72)21-16-14-12-10-8-6-4-5-7-9-11-13-15-17-22-54(79)80/h38-43,47-48,55,71H,4-37H2,1-3H3,(H2,63,81)(H,64,66)(H,65,75)(H,67,76)(H,68,77)(H,69,82)(H,70,78)(H,79,80)(H,83,84)(H,85,86)(H,87,88)(H,89,90)/t40?,41-,42-,43-,47+,48+,55+/m1/s1. The highest BCUT2D eigenvalue weighted by Gasteiger charge is 2.33. The average Bonchev–Trinajstić information content (AvgIpc) is 3.10. The SMILES string of the molecule is CC(O)[C@H](NC(=O)[C@H](CCCCNC(=O)CC[C@H](NC(=O)CC[C@H](CC(=O)CC[C@H](NC(=O)CC[C@H](CC(=O)CCCCCCCCCCCCCCCCC(=O)O)C(=O)O)C(=O)O)C(=O)O)C(=O)O)CCC(=O)C(C)(C)NC(=O)CCc1cnc[nH]1)C(N)=O. The first-order valence-corrected chi connectivity index (χ1v) is 31.6. The second-order valence-electron chi connectivity index (χ2n) is 23.9. The largest absolute Gasteiger partial charge is 0.481 e. The maximum atomic E-state index is 13.4. The summed E-state index contributed by atoms with van der Waals surface area (Å²) in [4.78, 5) is 181. The summed E-state index contributed by atoms with van der Waals surface area (Å²) in [5.74, 6) is -15.7. The van der Waals surface area contributed by atoms with Gasteiger partial charge in [0.05, 0.1) is 29.8 Å². The molecule has 0 saturated heterocycles. The molecule has 0 fully saturated rings. The van der Waals surface area contributed by atoms with Crippen LogP contribution in [0, 0.1) is 17.8 Å². The van der Waals surface area contributed by atoms with Crippen LogP contribution >= 0.6 is 0 Å². The molecule has 0 aromatic carbocycles. The number of aliphatic hydroxyl groups excluding tert-OH is 1. The van der Waals surface area contributed by atoms with E-state index in [-0.39, 0.29) is 88.2 Å². The lowest BCUT2D eigenvalue weighted by Crippen LogP contribution is -2.52. The van der Waals surface area contributed by atoms with E-state index in [1.54, 1.807) is 6.20 Å². The number of aryl methyl sites for hydroxylation is 1. The number of carboxylic acid groups (broad SMARTS) is 5. The first-order valence-electron chi connectivity index (χ1n) is 31.6. The van der Waals surface area contributed by atoms with Crippen molar-refractivity contribution in [2.75, 3.05) is 6.54 Å². The van der Waals surface area contributed by atoms with Crippen molar-refractivity contribution in [2.24, 2.45) is 23.5 Å². The summed E-state index contributed by atoms with van der Waals surface area (Å²) in [7, 11) is 0. The minimum Gasteiger partial charge on any atom is -0.481 e. The number of nitrogens with zero attached hydrogens (tertiary/aromatic N) is 1. The van der Waals surface area contributed by atoms with Gasteiger partial charge in [0.15, 0.2) is 5.78 Å². The number of ketones is 3. The van der Waals surface area contributed by atoms with Gasteiger partial charge in [0.25, 0.3) is 0 Å². The van der Waals surface area contributed by atoms with E-state index < -0.39 is 151 Å². The Bertz CT molecular complexity index is 2470. The van der Waals surface area contributed by atoms with Crippen molar-refractivity contribution < 1.29 is 97.8 Å². The predicted molar refractivity (Wildman–Crippen MR) is 326 cm³/mol. The van der Waals surface area contributed by atoms with Gasteiger partial charge in [-0.3, -0.25) is 57.5 Å². The zero-order chi connectivity index (χ0) is 67.6. The Morgan fingerprint density at radius 3 is 1.40 bits per heavy atom. The molecule has 1 heterocycles. The Labute approximate surface area is 526 Å². The van der Waals surface area contributed by atoms with Crippen LogP contribution in [0.3, 0.4) is 0 Å². The van der Waals surface area contributed by atoms with Gasteiger partial charge in [-0.15, -0.1) is 0 Å². The minimum atomic E-state index is -1.60. The van der Waals surface area contributed by atoms with Crippen LogP contribution in [-0.4, -0.2) is 160 Å². The molecule has 1 unspecified atom stereocenters. The molecule has 0 bridgehead atoms. The van der Waals surface area contributed by atoms with Crippen molar-refractivity contribution in [1.29, 1.82) is 0 Å². The number of nitrogens with two attached hydrogens (primary N) is 1. The van der Waals surface area contributed by atoms with Gasteiger partial charge in [0.2, 0.25) is 35.4 Å². The number of H-pyrrole nitrogens is 1. The number of carbonyl (C=O) groups is 14. The van der Waals surface area contributed by atoms with Crippen LogP contribution in [0.1, 0.15) is 232 Å². The van der Waals surface area contributed by atoms with E-state index in [4.69, 9.17) is 10.8 Å². The van der Waals surface area contributed by atoms with Crippen LogP contribution in [-0.2, 0) is 73.5 Å². The smallest absolute Gasteiger partial charge is 0.326 e. The Morgan fingerprint density at radius 2 is 0.956 bits per heavy atom. The quantitative estimate of drug-likeness (QED) is 0.0391. The Kier molecular flexibility index (Phi) is 40.7. The van der Waals surface area contributed by atoms with Crippen molar-refractivity contribution in [3.63, 3.8) is 0 Å². The van der Waals surface area contributed by atoms with Crippen LogP contribution < -0.4 is 32.3 Å². The summed E-state index contributed by atoms with van der Waals surface area (Å²) in [6.07, 6.45) is 13.1. The summed E-state index contributed by atoms with van der Waals surface area (Å²) < 4.78 is 0. The van der Waals surface area contributed by atoms with Crippen molar-refractivity contribution in [3.05, 3.63) is 18.2 Å². The normalized spacial score (nSPS) is 13.6. The summed E-state index contributed by atoms with van der Waals surface area (Å²) in [5.41, 5.74) is 4.81. The number of aromatic nitrogens is 2. The number of hydrogen-bond donors (Lipinski definition) is 13. The molecule has 0 spiro atoms. The van der Waals surface area contributed by atoms with E-state index in [0.717, 1.165) is 76.3 Å². The zero-order valence-corrected chi connectivity index (χ0v) is 52.7. The van der Waals surface area contributed by atoms with E-state index in [9.17, 15) is 92.7 Å². The van der Waals surface area contributed by atoms with E-state index in [1.165, 1.54) is 39.9 Å². The first-order chi connectivity index (χ1) is 42.5. The number of carbonyl (C=O) groups excluding carboxylic acids is 9. The van der Waals surface area contributed by atoms with Gasteiger partial charge in [-0.25, -0.2) is 14.6 Å². The summed E-state index contributed by atoms with van der Waals surface area (Å²) in [6, 6.07) is -4.59. The van der Waals surface area contributed by atoms with Crippen molar-refractivity contribution >= 4 is 82.6 Å². The highest BCUT2D eigenvalue weighted by molar-refractivity contribution is 5.93. The minimum absolute atomic E-state index is 0.00634. The molecule has 28 nitrogen and oxygen atoms in total. The van der Waals surface area contributed by atoms with E-state index in [2.05, 4.69) is 36.6 Å². The van der Waals surface area contributed by atoms with E-state index in [1.807, 2.05) is 0 Å². The molecular formula is C62H100N8O20. The van der Waals surface area contributed by atoms with Gasteiger partial charge >= 0.3 is 29.8 Å². The van der Waals surface area contributed by atoms with E-state index in [0.29, 0.717) is 25.7 Å². The highest BCUT2D eigenvalue weighted by atomic mass is 16.4. The molecule has 0 aliphatic carbocycles. The molecule has 1 aromatic rings. The molecule has 1 rings (SSSR count). The monoisotopic (exact) mass is 1280 g/mol. The summed E-state index contributed by atoms with van der Waals surface area (Å²) in [5, 5.41) is 70.0. The summed E-state index contributed by atoms with van der Waals surface area (Å²) >= 11 is 0. The average molecular weight is 1280 g/mol. The number of aliphatic hydroxyl groups is 1. The number of aliphatic carboxylic acids is 5. The van der Waals surface area contributed by atoms with Crippen LogP contribution in [0.4, 0.5) is 0 Å². The van der Waals surface area contributed by atoms with Gasteiger partial charge < -0.3 is 67.9 Å². The second kappa shape index (κ2) is 45.6.